The third kappa shape index (κ3) is 3.67. The second-order valence-corrected chi connectivity index (χ2v) is 6.45. The number of nitrogens with one attached hydrogen (secondary N) is 1. The molecule has 0 aliphatic heterocycles. The van der Waals surface area contributed by atoms with Gasteiger partial charge in [-0.05, 0) is 27.7 Å². The van der Waals surface area contributed by atoms with E-state index < -0.39 is 0 Å². The zero-order valence-electron chi connectivity index (χ0n) is 16.0. The number of nitrogens with zero attached hydrogens (tertiary/aromatic N) is 4. The van der Waals surface area contributed by atoms with Crippen molar-refractivity contribution in [2.45, 2.75) is 40.3 Å². The molecule has 0 bridgehead atoms. The van der Waals surface area contributed by atoms with Gasteiger partial charge in [0.25, 0.3) is 5.91 Å². The lowest BCUT2D eigenvalue weighted by Crippen LogP contribution is -2.28. The van der Waals surface area contributed by atoms with E-state index in [1.807, 2.05) is 62.7 Å². The van der Waals surface area contributed by atoms with Crippen molar-refractivity contribution in [1.82, 2.24) is 25.1 Å². The maximum absolute atomic E-state index is 13.0. The standard InChI is InChI=1S/C20H24N6O/c1-5-26-14(4)17(13(3)25-26)12(2)23-19(27)16-11-22-20(21)24-18(16)15-9-7-6-8-10-15/h6-12H,5H2,1-4H3,(H,23,27)(H2,21,22,24). The van der Waals surface area contributed by atoms with Crippen molar-refractivity contribution in [2.24, 2.45) is 0 Å². The Morgan fingerprint density at radius 1 is 1.26 bits per heavy atom. The average molecular weight is 364 g/mol. The van der Waals surface area contributed by atoms with Gasteiger partial charge < -0.3 is 11.1 Å². The van der Waals surface area contributed by atoms with Crippen LogP contribution in [0.4, 0.5) is 5.95 Å². The predicted octanol–water partition coefficient (Wildman–Crippen LogP) is 3.05. The van der Waals surface area contributed by atoms with E-state index in [9.17, 15) is 4.79 Å². The molecule has 7 nitrogen and oxygen atoms in total. The van der Waals surface area contributed by atoms with Crippen molar-refractivity contribution in [3.63, 3.8) is 0 Å². The maximum atomic E-state index is 13.0. The van der Waals surface area contributed by atoms with E-state index >= 15 is 0 Å². The Kier molecular flexibility index (Phi) is 5.21. The van der Waals surface area contributed by atoms with Gasteiger partial charge >= 0.3 is 0 Å². The van der Waals surface area contributed by atoms with E-state index in [1.165, 1.54) is 6.20 Å². The highest BCUT2D eigenvalue weighted by Crippen LogP contribution is 2.24. The molecule has 0 fully saturated rings. The van der Waals surface area contributed by atoms with E-state index in [-0.39, 0.29) is 17.9 Å². The van der Waals surface area contributed by atoms with Crippen molar-refractivity contribution in [1.29, 1.82) is 0 Å². The molecular formula is C20H24N6O. The van der Waals surface area contributed by atoms with Crippen molar-refractivity contribution in [3.8, 4) is 11.3 Å². The molecule has 0 radical (unpaired) electrons. The van der Waals surface area contributed by atoms with Gasteiger partial charge in [-0.2, -0.15) is 5.10 Å². The number of anilines is 1. The Morgan fingerprint density at radius 3 is 2.59 bits per heavy atom. The first-order valence-electron chi connectivity index (χ1n) is 8.95. The first-order chi connectivity index (χ1) is 12.9. The summed E-state index contributed by atoms with van der Waals surface area (Å²) in [5.41, 5.74) is 10.5. The van der Waals surface area contributed by atoms with E-state index in [0.29, 0.717) is 11.3 Å². The molecule has 2 heterocycles. The summed E-state index contributed by atoms with van der Waals surface area (Å²) in [6.45, 7) is 8.76. The molecule has 0 spiro atoms. The van der Waals surface area contributed by atoms with Crippen LogP contribution in [0, 0.1) is 13.8 Å². The molecule has 2 aromatic heterocycles. The number of carbonyl (C=O) groups excluding carboxylic acids is 1. The van der Waals surface area contributed by atoms with E-state index in [1.54, 1.807) is 0 Å². The van der Waals surface area contributed by atoms with E-state index in [2.05, 4.69) is 20.4 Å². The van der Waals surface area contributed by atoms with Gasteiger partial charge in [0.05, 0.1) is 23.0 Å². The van der Waals surface area contributed by atoms with Gasteiger partial charge in [0.2, 0.25) is 5.95 Å². The van der Waals surface area contributed by atoms with Crippen LogP contribution in [-0.2, 0) is 6.54 Å². The van der Waals surface area contributed by atoms with Gasteiger partial charge in [0.1, 0.15) is 0 Å². The summed E-state index contributed by atoms with van der Waals surface area (Å²) in [6, 6.07) is 9.28. The van der Waals surface area contributed by atoms with Gasteiger partial charge in [0.15, 0.2) is 0 Å². The van der Waals surface area contributed by atoms with Crippen LogP contribution in [0.2, 0.25) is 0 Å². The number of hydrogen-bond acceptors (Lipinski definition) is 5. The molecule has 1 unspecified atom stereocenters. The van der Waals surface area contributed by atoms with Crippen molar-refractivity contribution in [2.75, 3.05) is 5.73 Å². The number of amides is 1. The van der Waals surface area contributed by atoms with Crippen LogP contribution < -0.4 is 11.1 Å². The Labute approximate surface area is 158 Å². The third-order valence-electron chi connectivity index (χ3n) is 4.62. The molecule has 27 heavy (non-hydrogen) atoms. The number of aromatic nitrogens is 4. The van der Waals surface area contributed by atoms with Crippen LogP contribution in [0.1, 0.15) is 47.2 Å². The highest BCUT2D eigenvalue weighted by molar-refractivity contribution is 6.00. The number of nitrogen functional groups attached to an aromatic ring is 1. The molecule has 0 saturated carbocycles. The Balaban J connectivity index is 1.92. The number of aryl methyl sites for hydroxylation is 2. The average Bonchev–Trinajstić information content (AvgIpc) is 2.95. The molecule has 1 aromatic carbocycles. The molecule has 140 valence electrons. The summed E-state index contributed by atoms with van der Waals surface area (Å²) in [6.07, 6.45) is 1.47. The fraction of sp³-hybridized carbons (Fsp3) is 0.300. The zero-order valence-corrected chi connectivity index (χ0v) is 16.0. The highest BCUT2D eigenvalue weighted by atomic mass is 16.1. The zero-order chi connectivity index (χ0) is 19.6. The van der Waals surface area contributed by atoms with Crippen LogP contribution in [0.25, 0.3) is 11.3 Å². The number of hydrogen-bond donors (Lipinski definition) is 2. The summed E-state index contributed by atoms with van der Waals surface area (Å²) in [7, 11) is 0. The van der Waals surface area contributed by atoms with Crippen molar-refractivity contribution in [3.05, 3.63) is 59.0 Å². The highest BCUT2D eigenvalue weighted by Gasteiger charge is 2.22. The van der Waals surface area contributed by atoms with Crippen LogP contribution in [0.3, 0.4) is 0 Å². The summed E-state index contributed by atoms with van der Waals surface area (Å²) in [5, 5.41) is 7.58. The fourth-order valence-corrected chi connectivity index (χ4v) is 3.37. The number of benzene rings is 1. The largest absolute Gasteiger partial charge is 0.368 e. The van der Waals surface area contributed by atoms with Gasteiger partial charge in [-0.3, -0.25) is 9.48 Å². The molecule has 7 heteroatoms. The van der Waals surface area contributed by atoms with Crippen molar-refractivity contribution >= 4 is 11.9 Å². The lowest BCUT2D eigenvalue weighted by molar-refractivity contribution is 0.0940. The van der Waals surface area contributed by atoms with Gasteiger partial charge in [0, 0.05) is 29.6 Å². The normalized spacial score (nSPS) is 12.0. The number of rotatable bonds is 5. The quantitative estimate of drug-likeness (QED) is 0.725. The summed E-state index contributed by atoms with van der Waals surface area (Å²) < 4.78 is 1.94. The Bertz CT molecular complexity index is 964. The monoisotopic (exact) mass is 364 g/mol. The SMILES string of the molecule is CCn1nc(C)c(C(C)NC(=O)c2cnc(N)nc2-c2ccccc2)c1C. The molecule has 0 aliphatic carbocycles. The molecule has 1 atom stereocenters. The third-order valence-corrected chi connectivity index (χ3v) is 4.62. The summed E-state index contributed by atoms with van der Waals surface area (Å²) in [5.74, 6) is -0.112. The summed E-state index contributed by atoms with van der Waals surface area (Å²) in [4.78, 5) is 21.3. The van der Waals surface area contributed by atoms with Crippen LogP contribution in [-0.4, -0.2) is 25.7 Å². The molecule has 3 aromatic rings. The molecule has 0 aliphatic rings. The second kappa shape index (κ2) is 7.57. The maximum Gasteiger partial charge on any atom is 0.255 e. The first kappa shape index (κ1) is 18.6. The number of carbonyl (C=O) groups is 1. The fourth-order valence-electron chi connectivity index (χ4n) is 3.37. The molecule has 3 rings (SSSR count). The van der Waals surface area contributed by atoms with Crippen LogP contribution in [0.5, 0.6) is 0 Å². The number of nitrogens with two attached hydrogens (primary N) is 1. The van der Waals surface area contributed by atoms with Gasteiger partial charge in [-0.15, -0.1) is 0 Å². The topological polar surface area (TPSA) is 98.7 Å². The lowest BCUT2D eigenvalue weighted by Gasteiger charge is -2.16. The Hall–Kier alpha value is -3.22. The minimum absolute atomic E-state index is 0.134. The minimum atomic E-state index is -0.246. The van der Waals surface area contributed by atoms with Crippen LogP contribution >= 0.6 is 0 Å². The minimum Gasteiger partial charge on any atom is -0.368 e. The van der Waals surface area contributed by atoms with E-state index in [0.717, 1.165) is 29.1 Å². The first-order valence-corrected chi connectivity index (χ1v) is 8.95. The predicted molar refractivity (Wildman–Crippen MR) is 105 cm³/mol. The van der Waals surface area contributed by atoms with E-state index in [4.69, 9.17) is 5.73 Å². The van der Waals surface area contributed by atoms with Crippen LogP contribution in [0.15, 0.2) is 36.5 Å². The van der Waals surface area contributed by atoms with Gasteiger partial charge in [-0.25, -0.2) is 9.97 Å². The second-order valence-electron chi connectivity index (χ2n) is 6.45. The molecule has 1 amide bonds. The molecular weight excluding hydrogens is 340 g/mol. The van der Waals surface area contributed by atoms with Gasteiger partial charge in [-0.1, -0.05) is 30.3 Å². The summed E-state index contributed by atoms with van der Waals surface area (Å²) >= 11 is 0. The Morgan fingerprint density at radius 2 is 1.96 bits per heavy atom. The smallest absolute Gasteiger partial charge is 0.255 e. The lowest BCUT2D eigenvalue weighted by atomic mass is 10.0. The van der Waals surface area contributed by atoms with Crippen molar-refractivity contribution < 1.29 is 4.79 Å². The molecule has 3 N–H and O–H groups in total. The molecule has 0 saturated heterocycles.